The highest BCUT2D eigenvalue weighted by Crippen LogP contribution is 2.12. The molecular weight excluding hydrogens is 218 g/mol. The summed E-state index contributed by atoms with van der Waals surface area (Å²) in [5.41, 5.74) is 0.548. The Hall–Kier alpha value is -1.55. The van der Waals surface area contributed by atoms with Gasteiger partial charge in [0.15, 0.2) is 0 Å². The minimum atomic E-state index is -0.290. The SMILES string of the molecule is COc1ccc(C(=O)OC(C)C[NH+](C)C)cc1. The van der Waals surface area contributed by atoms with Crippen LogP contribution in [0.3, 0.4) is 0 Å². The Balaban J connectivity index is 2.57. The fourth-order valence-electron chi connectivity index (χ4n) is 1.59. The number of hydrogen-bond acceptors (Lipinski definition) is 3. The van der Waals surface area contributed by atoms with E-state index in [4.69, 9.17) is 9.47 Å². The van der Waals surface area contributed by atoms with Crippen molar-refractivity contribution >= 4 is 5.97 Å². The number of rotatable bonds is 5. The molecule has 0 bridgehead atoms. The van der Waals surface area contributed by atoms with E-state index in [1.54, 1.807) is 31.4 Å². The highest BCUT2D eigenvalue weighted by molar-refractivity contribution is 5.89. The summed E-state index contributed by atoms with van der Waals surface area (Å²) in [6, 6.07) is 6.91. The van der Waals surface area contributed by atoms with Crippen molar-refractivity contribution in [2.45, 2.75) is 13.0 Å². The molecule has 0 saturated carbocycles. The molecule has 4 nitrogen and oxygen atoms in total. The van der Waals surface area contributed by atoms with E-state index >= 15 is 0 Å². The number of methoxy groups -OCH3 is 1. The van der Waals surface area contributed by atoms with E-state index in [-0.39, 0.29) is 12.1 Å². The predicted molar refractivity (Wildman–Crippen MR) is 65.5 cm³/mol. The first-order chi connectivity index (χ1) is 8.02. The summed E-state index contributed by atoms with van der Waals surface area (Å²) in [4.78, 5) is 13.0. The maximum absolute atomic E-state index is 11.8. The molecule has 1 unspecified atom stereocenters. The summed E-state index contributed by atoms with van der Waals surface area (Å²) in [6.45, 7) is 2.69. The van der Waals surface area contributed by atoms with Gasteiger partial charge in [-0.05, 0) is 31.2 Å². The van der Waals surface area contributed by atoms with Crippen LogP contribution in [0.25, 0.3) is 0 Å². The Morgan fingerprint density at radius 3 is 2.35 bits per heavy atom. The number of esters is 1. The van der Waals surface area contributed by atoms with Crippen molar-refractivity contribution in [1.82, 2.24) is 0 Å². The fourth-order valence-corrected chi connectivity index (χ4v) is 1.59. The summed E-state index contributed by atoms with van der Waals surface area (Å²) < 4.78 is 10.3. The maximum Gasteiger partial charge on any atom is 0.338 e. The molecule has 0 aliphatic heterocycles. The van der Waals surface area contributed by atoms with Crippen molar-refractivity contribution in [3.05, 3.63) is 29.8 Å². The normalized spacial score (nSPS) is 12.3. The van der Waals surface area contributed by atoms with Gasteiger partial charge in [-0.1, -0.05) is 0 Å². The standard InChI is InChI=1S/C13H19NO3/c1-10(9-14(2)3)17-13(15)11-5-7-12(16-4)8-6-11/h5-8,10H,9H2,1-4H3/p+1. The van der Waals surface area contributed by atoms with E-state index in [1.807, 2.05) is 21.0 Å². The Labute approximate surface area is 102 Å². The van der Waals surface area contributed by atoms with Crippen molar-refractivity contribution < 1.29 is 19.2 Å². The van der Waals surface area contributed by atoms with Crippen LogP contribution in [0, 0.1) is 0 Å². The Kier molecular flexibility index (Phi) is 4.97. The Morgan fingerprint density at radius 2 is 1.88 bits per heavy atom. The Bertz CT molecular complexity index is 359. The molecule has 1 atom stereocenters. The number of hydrogen-bond donors (Lipinski definition) is 1. The lowest BCUT2D eigenvalue weighted by Gasteiger charge is -2.15. The van der Waals surface area contributed by atoms with Crippen LogP contribution >= 0.6 is 0 Å². The van der Waals surface area contributed by atoms with E-state index in [1.165, 1.54) is 4.90 Å². The zero-order valence-corrected chi connectivity index (χ0v) is 10.8. The van der Waals surface area contributed by atoms with Crippen LogP contribution in [0.4, 0.5) is 0 Å². The minimum Gasteiger partial charge on any atom is -0.497 e. The zero-order chi connectivity index (χ0) is 12.8. The summed E-state index contributed by atoms with van der Waals surface area (Å²) in [7, 11) is 5.64. The molecule has 0 aliphatic carbocycles. The third-order valence-electron chi connectivity index (χ3n) is 2.33. The molecule has 1 N–H and O–H groups in total. The molecule has 0 amide bonds. The van der Waals surface area contributed by atoms with Gasteiger partial charge in [-0.25, -0.2) is 4.79 Å². The molecule has 0 heterocycles. The molecule has 0 saturated heterocycles. The molecule has 4 heteroatoms. The highest BCUT2D eigenvalue weighted by Gasteiger charge is 2.14. The number of benzene rings is 1. The monoisotopic (exact) mass is 238 g/mol. The molecule has 0 spiro atoms. The number of ether oxygens (including phenoxy) is 2. The second-order valence-electron chi connectivity index (χ2n) is 4.36. The van der Waals surface area contributed by atoms with E-state index in [0.29, 0.717) is 5.56 Å². The maximum atomic E-state index is 11.8. The van der Waals surface area contributed by atoms with Gasteiger partial charge < -0.3 is 14.4 Å². The highest BCUT2D eigenvalue weighted by atomic mass is 16.5. The Morgan fingerprint density at radius 1 is 1.29 bits per heavy atom. The van der Waals surface area contributed by atoms with Gasteiger partial charge in [0.25, 0.3) is 0 Å². The lowest BCUT2D eigenvalue weighted by atomic mass is 10.2. The summed E-state index contributed by atoms with van der Waals surface area (Å²) in [6.07, 6.45) is -0.0883. The van der Waals surface area contributed by atoms with E-state index < -0.39 is 0 Å². The average molecular weight is 238 g/mol. The first-order valence-corrected chi connectivity index (χ1v) is 5.67. The van der Waals surface area contributed by atoms with Gasteiger partial charge in [0.2, 0.25) is 0 Å². The van der Waals surface area contributed by atoms with Gasteiger partial charge in [0, 0.05) is 0 Å². The largest absolute Gasteiger partial charge is 0.497 e. The summed E-state index contributed by atoms with van der Waals surface area (Å²) >= 11 is 0. The van der Waals surface area contributed by atoms with Crippen LogP contribution < -0.4 is 9.64 Å². The van der Waals surface area contributed by atoms with Crippen LogP contribution in [0.5, 0.6) is 5.75 Å². The van der Waals surface area contributed by atoms with Gasteiger partial charge in [0.1, 0.15) is 18.4 Å². The lowest BCUT2D eigenvalue weighted by Crippen LogP contribution is -3.06. The molecule has 0 fully saturated rings. The van der Waals surface area contributed by atoms with Crippen molar-refractivity contribution in [3.63, 3.8) is 0 Å². The molecular formula is C13H20NO3+. The number of carbonyl (C=O) groups excluding carboxylic acids is 1. The van der Waals surface area contributed by atoms with Gasteiger partial charge in [-0.2, -0.15) is 0 Å². The molecule has 1 aromatic rings. The molecule has 1 rings (SSSR count). The van der Waals surface area contributed by atoms with Crippen LogP contribution in [0.2, 0.25) is 0 Å². The topological polar surface area (TPSA) is 40.0 Å². The van der Waals surface area contributed by atoms with Gasteiger partial charge in [-0.3, -0.25) is 0 Å². The summed E-state index contributed by atoms with van der Waals surface area (Å²) in [5, 5.41) is 0. The lowest BCUT2D eigenvalue weighted by molar-refractivity contribution is -0.861. The molecule has 0 aromatic heterocycles. The van der Waals surface area contributed by atoms with E-state index in [2.05, 4.69) is 0 Å². The van der Waals surface area contributed by atoms with Crippen molar-refractivity contribution in [1.29, 1.82) is 0 Å². The molecule has 17 heavy (non-hydrogen) atoms. The molecule has 1 aromatic carbocycles. The number of quaternary nitrogens is 1. The van der Waals surface area contributed by atoms with Crippen molar-refractivity contribution in [2.24, 2.45) is 0 Å². The fraction of sp³-hybridized carbons (Fsp3) is 0.462. The second kappa shape index (κ2) is 6.25. The van der Waals surface area contributed by atoms with Gasteiger partial charge in [0.05, 0.1) is 26.8 Å². The third-order valence-corrected chi connectivity index (χ3v) is 2.33. The average Bonchev–Trinajstić information content (AvgIpc) is 2.28. The van der Waals surface area contributed by atoms with Gasteiger partial charge in [-0.15, -0.1) is 0 Å². The number of nitrogens with one attached hydrogen (secondary N) is 1. The first-order valence-electron chi connectivity index (χ1n) is 5.67. The van der Waals surface area contributed by atoms with Crippen molar-refractivity contribution in [3.8, 4) is 5.75 Å². The van der Waals surface area contributed by atoms with Crippen LogP contribution in [-0.4, -0.2) is 39.8 Å². The van der Waals surface area contributed by atoms with Crippen LogP contribution in [0.15, 0.2) is 24.3 Å². The quantitative estimate of drug-likeness (QED) is 0.754. The van der Waals surface area contributed by atoms with Crippen LogP contribution in [0.1, 0.15) is 17.3 Å². The summed E-state index contributed by atoms with van der Waals surface area (Å²) in [5.74, 6) is 0.439. The van der Waals surface area contributed by atoms with E-state index in [9.17, 15) is 4.79 Å². The molecule has 0 radical (unpaired) electrons. The van der Waals surface area contributed by atoms with E-state index in [0.717, 1.165) is 12.3 Å². The van der Waals surface area contributed by atoms with Crippen molar-refractivity contribution in [2.75, 3.05) is 27.7 Å². The van der Waals surface area contributed by atoms with Crippen LogP contribution in [-0.2, 0) is 4.74 Å². The second-order valence-corrected chi connectivity index (χ2v) is 4.36. The molecule has 0 aliphatic rings. The third kappa shape index (κ3) is 4.44. The molecule has 94 valence electrons. The first kappa shape index (κ1) is 13.5. The zero-order valence-electron chi connectivity index (χ0n) is 10.8. The van der Waals surface area contributed by atoms with Gasteiger partial charge >= 0.3 is 5.97 Å². The number of likely N-dealkylation sites (N-methyl/N-ethyl adjacent to an activating group) is 1. The smallest absolute Gasteiger partial charge is 0.338 e. The number of carbonyl (C=O) groups is 1. The minimum absolute atomic E-state index is 0.0883. The predicted octanol–water partition coefficient (Wildman–Crippen LogP) is 0.385.